The number of aromatic nitrogens is 3. The molecule has 2 rings (SSSR count). The average Bonchev–Trinajstić information content (AvgIpc) is 2.73. The molecule has 0 amide bonds. The Hall–Kier alpha value is -1.59. The minimum Gasteiger partial charge on any atom is -0.484 e. The molecular formula is C11H12ClN3O2. The fraction of sp³-hybridized carbons (Fsp3) is 0.273. The summed E-state index contributed by atoms with van der Waals surface area (Å²) in [6, 6.07) is 5.16. The molecule has 90 valence electrons. The number of aliphatic hydroxyl groups is 1. The van der Waals surface area contributed by atoms with Gasteiger partial charge in [0.1, 0.15) is 18.7 Å². The van der Waals surface area contributed by atoms with Gasteiger partial charge in [0.15, 0.2) is 5.82 Å². The van der Waals surface area contributed by atoms with Gasteiger partial charge in [0, 0.05) is 7.05 Å². The van der Waals surface area contributed by atoms with E-state index < -0.39 is 0 Å². The number of aryl methyl sites for hydroxylation is 1. The monoisotopic (exact) mass is 253 g/mol. The van der Waals surface area contributed by atoms with Gasteiger partial charge in [-0.25, -0.2) is 0 Å². The Kier molecular flexibility index (Phi) is 3.61. The minimum absolute atomic E-state index is 0.0384. The quantitative estimate of drug-likeness (QED) is 0.898. The van der Waals surface area contributed by atoms with Gasteiger partial charge in [-0.2, -0.15) is 0 Å². The van der Waals surface area contributed by atoms with Crippen LogP contribution in [-0.4, -0.2) is 19.9 Å². The Labute approximate surface area is 104 Å². The van der Waals surface area contributed by atoms with E-state index in [0.29, 0.717) is 23.2 Å². The van der Waals surface area contributed by atoms with Crippen LogP contribution < -0.4 is 4.74 Å². The van der Waals surface area contributed by atoms with Crippen molar-refractivity contribution in [2.24, 2.45) is 7.05 Å². The van der Waals surface area contributed by atoms with Gasteiger partial charge in [0.05, 0.1) is 11.6 Å². The molecule has 1 aromatic heterocycles. The number of nitrogens with zero attached hydrogens (tertiary/aromatic N) is 3. The second-order valence-electron chi connectivity index (χ2n) is 3.57. The number of rotatable bonds is 4. The summed E-state index contributed by atoms with van der Waals surface area (Å²) in [6.45, 7) is 0.262. The number of ether oxygens (including phenoxy) is 1. The van der Waals surface area contributed by atoms with Gasteiger partial charge < -0.3 is 14.4 Å². The van der Waals surface area contributed by atoms with E-state index in [1.807, 2.05) is 7.05 Å². The summed E-state index contributed by atoms with van der Waals surface area (Å²) in [5, 5.41) is 17.1. The maximum Gasteiger partial charge on any atom is 0.170 e. The highest BCUT2D eigenvalue weighted by Crippen LogP contribution is 2.26. The van der Waals surface area contributed by atoms with Crippen molar-refractivity contribution in [3.05, 3.63) is 40.9 Å². The van der Waals surface area contributed by atoms with Gasteiger partial charge in [-0.05, 0) is 17.7 Å². The maximum absolute atomic E-state index is 8.95. The molecular weight excluding hydrogens is 242 g/mol. The van der Waals surface area contributed by atoms with Crippen molar-refractivity contribution in [2.75, 3.05) is 0 Å². The highest BCUT2D eigenvalue weighted by Gasteiger charge is 2.05. The summed E-state index contributed by atoms with van der Waals surface area (Å²) in [7, 11) is 1.84. The van der Waals surface area contributed by atoms with Crippen LogP contribution in [0.2, 0.25) is 5.02 Å². The van der Waals surface area contributed by atoms with E-state index >= 15 is 0 Å². The Balaban J connectivity index is 2.07. The fourth-order valence-electron chi connectivity index (χ4n) is 1.34. The van der Waals surface area contributed by atoms with Crippen molar-refractivity contribution in [2.45, 2.75) is 13.2 Å². The molecule has 0 saturated carbocycles. The lowest BCUT2D eigenvalue weighted by molar-refractivity contribution is 0.279. The lowest BCUT2D eigenvalue weighted by atomic mass is 10.2. The van der Waals surface area contributed by atoms with Crippen molar-refractivity contribution in [1.29, 1.82) is 0 Å². The molecule has 0 saturated heterocycles. The molecule has 5 nitrogen and oxygen atoms in total. The van der Waals surface area contributed by atoms with E-state index in [2.05, 4.69) is 10.2 Å². The predicted molar refractivity (Wildman–Crippen MR) is 62.7 cm³/mol. The zero-order chi connectivity index (χ0) is 12.3. The molecule has 0 unspecified atom stereocenters. The zero-order valence-electron chi connectivity index (χ0n) is 9.30. The van der Waals surface area contributed by atoms with Crippen LogP contribution in [0.25, 0.3) is 0 Å². The first-order chi connectivity index (χ1) is 8.20. The second-order valence-corrected chi connectivity index (χ2v) is 3.98. The van der Waals surface area contributed by atoms with E-state index in [4.69, 9.17) is 21.4 Å². The molecule has 0 aliphatic carbocycles. The SMILES string of the molecule is Cn1cnnc1COc1ccc(CO)cc1Cl. The van der Waals surface area contributed by atoms with Crippen LogP contribution in [-0.2, 0) is 20.3 Å². The summed E-state index contributed by atoms with van der Waals surface area (Å²) in [5.41, 5.74) is 0.751. The molecule has 0 radical (unpaired) electrons. The topological polar surface area (TPSA) is 60.2 Å². The fourth-order valence-corrected chi connectivity index (χ4v) is 1.60. The smallest absolute Gasteiger partial charge is 0.170 e. The maximum atomic E-state index is 8.95. The first-order valence-electron chi connectivity index (χ1n) is 5.05. The Morgan fingerprint density at radius 1 is 1.47 bits per heavy atom. The van der Waals surface area contributed by atoms with Crippen molar-refractivity contribution < 1.29 is 9.84 Å². The predicted octanol–water partition coefficient (Wildman–Crippen LogP) is 1.54. The van der Waals surface area contributed by atoms with E-state index in [-0.39, 0.29) is 6.61 Å². The van der Waals surface area contributed by atoms with Crippen LogP contribution in [0, 0.1) is 0 Å². The van der Waals surface area contributed by atoms with Crippen molar-refractivity contribution in [1.82, 2.24) is 14.8 Å². The molecule has 2 aromatic rings. The molecule has 0 aliphatic heterocycles. The molecule has 1 heterocycles. The highest BCUT2D eigenvalue weighted by atomic mass is 35.5. The lowest BCUT2D eigenvalue weighted by Crippen LogP contribution is -2.03. The second kappa shape index (κ2) is 5.16. The number of halogens is 1. The van der Waals surface area contributed by atoms with Gasteiger partial charge in [-0.3, -0.25) is 0 Å². The molecule has 0 fully saturated rings. The summed E-state index contributed by atoms with van der Waals surface area (Å²) in [6.07, 6.45) is 1.61. The van der Waals surface area contributed by atoms with Crippen molar-refractivity contribution >= 4 is 11.6 Å². The van der Waals surface area contributed by atoms with Crippen LogP contribution in [0.5, 0.6) is 5.75 Å². The number of benzene rings is 1. The summed E-state index contributed by atoms with van der Waals surface area (Å²) >= 11 is 6.01. The Morgan fingerprint density at radius 2 is 2.29 bits per heavy atom. The molecule has 0 spiro atoms. The molecule has 0 bridgehead atoms. The molecule has 1 aromatic carbocycles. The highest BCUT2D eigenvalue weighted by molar-refractivity contribution is 6.32. The van der Waals surface area contributed by atoms with Crippen LogP contribution in [0.1, 0.15) is 11.4 Å². The average molecular weight is 254 g/mol. The van der Waals surface area contributed by atoms with E-state index in [9.17, 15) is 0 Å². The van der Waals surface area contributed by atoms with Gasteiger partial charge in [0.2, 0.25) is 0 Å². The lowest BCUT2D eigenvalue weighted by Gasteiger charge is -2.08. The van der Waals surface area contributed by atoms with Crippen LogP contribution >= 0.6 is 11.6 Å². The van der Waals surface area contributed by atoms with Crippen molar-refractivity contribution in [3.63, 3.8) is 0 Å². The zero-order valence-corrected chi connectivity index (χ0v) is 10.1. The molecule has 1 N–H and O–H groups in total. The number of hydrogen-bond donors (Lipinski definition) is 1. The minimum atomic E-state index is -0.0384. The largest absolute Gasteiger partial charge is 0.484 e. The summed E-state index contributed by atoms with van der Waals surface area (Å²) in [4.78, 5) is 0. The third-order valence-electron chi connectivity index (χ3n) is 2.34. The van der Waals surface area contributed by atoms with Gasteiger partial charge in [-0.1, -0.05) is 17.7 Å². The Bertz CT molecular complexity index is 513. The third kappa shape index (κ3) is 2.75. The normalized spacial score (nSPS) is 10.5. The van der Waals surface area contributed by atoms with Crippen LogP contribution in [0.15, 0.2) is 24.5 Å². The van der Waals surface area contributed by atoms with E-state index in [1.54, 1.807) is 29.1 Å². The van der Waals surface area contributed by atoms with E-state index in [0.717, 1.165) is 5.56 Å². The standard InChI is InChI=1S/C11H12ClN3O2/c1-15-7-13-14-11(15)6-17-10-3-2-8(5-16)4-9(10)12/h2-4,7,16H,5-6H2,1H3. The van der Waals surface area contributed by atoms with Crippen LogP contribution in [0.4, 0.5) is 0 Å². The van der Waals surface area contributed by atoms with Gasteiger partial charge in [0.25, 0.3) is 0 Å². The van der Waals surface area contributed by atoms with E-state index in [1.165, 1.54) is 0 Å². The first kappa shape index (κ1) is 11.9. The number of aliphatic hydroxyl groups excluding tert-OH is 1. The summed E-state index contributed by atoms with van der Waals surface area (Å²) in [5.74, 6) is 1.28. The van der Waals surface area contributed by atoms with Gasteiger partial charge >= 0.3 is 0 Å². The number of hydrogen-bond acceptors (Lipinski definition) is 4. The third-order valence-corrected chi connectivity index (χ3v) is 2.64. The molecule has 17 heavy (non-hydrogen) atoms. The Morgan fingerprint density at radius 3 is 2.88 bits per heavy atom. The first-order valence-corrected chi connectivity index (χ1v) is 5.43. The van der Waals surface area contributed by atoms with Crippen LogP contribution in [0.3, 0.4) is 0 Å². The summed E-state index contributed by atoms with van der Waals surface area (Å²) < 4.78 is 7.30. The van der Waals surface area contributed by atoms with Crippen molar-refractivity contribution in [3.8, 4) is 5.75 Å². The molecule has 6 heteroatoms. The molecule has 0 atom stereocenters. The van der Waals surface area contributed by atoms with Gasteiger partial charge in [-0.15, -0.1) is 10.2 Å². The molecule has 0 aliphatic rings.